The molecular weight excluding hydrogens is 408 g/mol. The van der Waals surface area contributed by atoms with E-state index in [4.69, 9.17) is 0 Å². The Morgan fingerprint density at radius 2 is 0.765 bits per heavy atom. The summed E-state index contributed by atoms with van der Waals surface area (Å²) in [6.45, 7) is 4.50. The van der Waals surface area contributed by atoms with Gasteiger partial charge in [0.15, 0.2) is 0 Å². The zero-order valence-corrected chi connectivity index (χ0v) is 19.9. The quantitative estimate of drug-likeness (QED) is 0.232. The molecule has 0 N–H and O–H groups in total. The van der Waals surface area contributed by atoms with Crippen LogP contribution in [-0.4, -0.2) is 0 Å². The smallest absolute Gasteiger partial charge is 0.0340 e. The van der Waals surface area contributed by atoms with E-state index in [9.17, 15) is 0 Å². The van der Waals surface area contributed by atoms with Crippen molar-refractivity contribution in [1.29, 1.82) is 0 Å². The van der Waals surface area contributed by atoms with E-state index in [-0.39, 0.29) is 5.92 Å². The van der Waals surface area contributed by atoms with Gasteiger partial charge in [0, 0.05) is 5.92 Å². The number of hydrogen-bond donors (Lipinski definition) is 0. The largest absolute Gasteiger partial charge is 0.0622 e. The maximum atomic E-state index is 2.35. The first kappa shape index (κ1) is 21.9. The molecule has 0 unspecified atom stereocenters. The van der Waals surface area contributed by atoms with Crippen LogP contribution in [0.15, 0.2) is 133 Å². The van der Waals surface area contributed by atoms with Crippen molar-refractivity contribution in [1.82, 2.24) is 0 Å². The number of rotatable bonds is 6. The highest BCUT2D eigenvalue weighted by Crippen LogP contribution is 2.36. The van der Waals surface area contributed by atoms with Crippen molar-refractivity contribution in [2.24, 2.45) is 0 Å². The third-order valence-corrected chi connectivity index (χ3v) is 6.59. The first-order valence-corrected chi connectivity index (χ1v) is 12.1. The van der Waals surface area contributed by atoms with Crippen molar-refractivity contribution < 1.29 is 0 Å². The van der Waals surface area contributed by atoms with E-state index < -0.39 is 0 Å². The van der Waals surface area contributed by atoms with Crippen LogP contribution in [0, 0.1) is 0 Å². The lowest BCUT2D eigenvalue weighted by atomic mass is 9.82. The molecule has 0 spiro atoms. The second kappa shape index (κ2) is 9.93. The van der Waals surface area contributed by atoms with Crippen LogP contribution in [0.4, 0.5) is 0 Å². The molecule has 5 aromatic carbocycles. The molecule has 166 valence electrons. The zero-order valence-electron chi connectivity index (χ0n) is 19.9. The van der Waals surface area contributed by atoms with Gasteiger partial charge in [-0.3, -0.25) is 0 Å². The topological polar surface area (TPSA) is 0 Å². The fourth-order valence-corrected chi connectivity index (χ4v) is 4.71. The Labute approximate surface area is 203 Å². The van der Waals surface area contributed by atoms with Gasteiger partial charge < -0.3 is 0 Å². The molecule has 0 heteroatoms. The average Bonchev–Trinajstić information content (AvgIpc) is 2.91. The highest BCUT2D eigenvalue weighted by atomic mass is 14.2. The Bertz CT molecular complexity index is 1260. The average molecular weight is 439 g/mol. The maximum Gasteiger partial charge on any atom is 0.0340 e. The molecular formula is C34H30. The Balaban J connectivity index is 1.63. The van der Waals surface area contributed by atoms with Crippen LogP contribution >= 0.6 is 0 Å². The zero-order chi connectivity index (χ0) is 23.3. The molecule has 0 fully saturated rings. The van der Waals surface area contributed by atoms with Gasteiger partial charge in [0.25, 0.3) is 0 Å². The van der Waals surface area contributed by atoms with Crippen LogP contribution in [0.25, 0.3) is 22.3 Å². The summed E-state index contributed by atoms with van der Waals surface area (Å²) < 4.78 is 0. The first-order valence-electron chi connectivity index (χ1n) is 12.1. The summed E-state index contributed by atoms with van der Waals surface area (Å²) in [5.74, 6) is 0.684. The van der Waals surface area contributed by atoms with Gasteiger partial charge in [-0.2, -0.15) is 0 Å². The minimum Gasteiger partial charge on any atom is -0.0622 e. The second-order valence-corrected chi connectivity index (χ2v) is 9.24. The fraction of sp³-hybridized carbons (Fsp3) is 0.118. The second-order valence-electron chi connectivity index (χ2n) is 9.24. The monoisotopic (exact) mass is 438 g/mol. The molecule has 0 aliphatic carbocycles. The molecule has 0 saturated heterocycles. The summed E-state index contributed by atoms with van der Waals surface area (Å²) in [7, 11) is 0. The molecule has 0 bridgehead atoms. The Morgan fingerprint density at radius 1 is 0.353 bits per heavy atom. The first-order chi connectivity index (χ1) is 16.7. The van der Waals surface area contributed by atoms with E-state index in [0.29, 0.717) is 5.92 Å². The van der Waals surface area contributed by atoms with E-state index >= 15 is 0 Å². The molecule has 0 heterocycles. The minimum atomic E-state index is 0.161. The minimum absolute atomic E-state index is 0.161. The van der Waals surface area contributed by atoms with Crippen LogP contribution in [0.2, 0.25) is 0 Å². The molecule has 0 radical (unpaired) electrons. The van der Waals surface area contributed by atoms with Crippen molar-refractivity contribution in [2.75, 3.05) is 0 Å². The molecule has 0 aliphatic rings. The molecule has 0 saturated carbocycles. The standard InChI is InChI=1S/C34H30/c1-25(2)26-19-21-29(22-20-26)34(32-17-9-15-30(23-32)27-11-5-3-6-12-27)33-18-10-16-31(24-33)28-13-7-4-8-14-28/h3-25,34H,1-2H3. The van der Waals surface area contributed by atoms with Crippen molar-refractivity contribution in [2.45, 2.75) is 25.7 Å². The van der Waals surface area contributed by atoms with Crippen LogP contribution in [0.1, 0.15) is 47.9 Å². The van der Waals surface area contributed by atoms with Gasteiger partial charge in [-0.15, -0.1) is 0 Å². The molecule has 0 amide bonds. The number of benzene rings is 5. The molecule has 0 nitrogen and oxygen atoms in total. The van der Waals surface area contributed by atoms with E-state index in [2.05, 4.69) is 147 Å². The lowest BCUT2D eigenvalue weighted by Crippen LogP contribution is -2.04. The normalized spacial score (nSPS) is 11.2. The summed E-state index contributed by atoms with van der Waals surface area (Å²) in [6.07, 6.45) is 0. The lowest BCUT2D eigenvalue weighted by Gasteiger charge is -2.21. The fourth-order valence-electron chi connectivity index (χ4n) is 4.71. The van der Waals surface area contributed by atoms with Gasteiger partial charge in [0.2, 0.25) is 0 Å². The highest BCUT2D eigenvalue weighted by Gasteiger charge is 2.18. The van der Waals surface area contributed by atoms with E-state index in [1.54, 1.807) is 0 Å². The predicted molar refractivity (Wildman–Crippen MR) is 145 cm³/mol. The molecule has 34 heavy (non-hydrogen) atoms. The van der Waals surface area contributed by atoms with E-state index in [1.165, 1.54) is 44.5 Å². The van der Waals surface area contributed by atoms with Crippen molar-refractivity contribution in [3.8, 4) is 22.3 Å². The van der Waals surface area contributed by atoms with Gasteiger partial charge in [-0.05, 0) is 50.4 Å². The summed E-state index contributed by atoms with van der Waals surface area (Å²) >= 11 is 0. The summed E-state index contributed by atoms with van der Waals surface area (Å²) in [5.41, 5.74) is 10.3. The van der Waals surface area contributed by atoms with Crippen molar-refractivity contribution in [3.05, 3.63) is 156 Å². The van der Waals surface area contributed by atoms with Crippen LogP contribution < -0.4 is 0 Å². The predicted octanol–water partition coefficient (Wildman–Crippen LogP) is 9.32. The lowest BCUT2D eigenvalue weighted by molar-refractivity contribution is 0.862. The third kappa shape index (κ3) is 4.72. The van der Waals surface area contributed by atoms with Gasteiger partial charge in [0.05, 0.1) is 0 Å². The molecule has 5 aromatic rings. The van der Waals surface area contributed by atoms with Gasteiger partial charge >= 0.3 is 0 Å². The molecule has 5 rings (SSSR count). The van der Waals surface area contributed by atoms with Gasteiger partial charge in [-0.25, -0.2) is 0 Å². The number of hydrogen-bond acceptors (Lipinski definition) is 0. The summed E-state index contributed by atoms with van der Waals surface area (Å²) in [5, 5.41) is 0. The SMILES string of the molecule is CC(C)c1ccc(C(c2cccc(-c3ccccc3)c2)c2cccc(-c3ccccc3)c2)cc1. The highest BCUT2D eigenvalue weighted by molar-refractivity contribution is 5.67. The molecule has 0 atom stereocenters. The van der Waals surface area contributed by atoms with Crippen LogP contribution in [-0.2, 0) is 0 Å². The van der Waals surface area contributed by atoms with Crippen LogP contribution in [0.5, 0.6) is 0 Å². The third-order valence-electron chi connectivity index (χ3n) is 6.59. The van der Waals surface area contributed by atoms with E-state index in [0.717, 1.165) is 0 Å². The Kier molecular flexibility index (Phi) is 6.40. The van der Waals surface area contributed by atoms with E-state index in [1.807, 2.05) is 0 Å². The Hall–Kier alpha value is -3.90. The summed E-state index contributed by atoms with van der Waals surface area (Å²) in [6, 6.07) is 48.5. The summed E-state index contributed by atoms with van der Waals surface area (Å²) in [4.78, 5) is 0. The molecule has 0 aromatic heterocycles. The van der Waals surface area contributed by atoms with Gasteiger partial charge in [0.1, 0.15) is 0 Å². The maximum absolute atomic E-state index is 2.35. The van der Waals surface area contributed by atoms with Gasteiger partial charge in [-0.1, -0.05) is 147 Å². The molecule has 0 aliphatic heterocycles. The van der Waals surface area contributed by atoms with Crippen molar-refractivity contribution >= 4 is 0 Å². The van der Waals surface area contributed by atoms with Crippen molar-refractivity contribution in [3.63, 3.8) is 0 Å². The Morgan fingerprint density at radius 3 is 1.21 bits per heavy atom. The van der Waals surface area contributed by atoms with Crippen LogP contribution in [0.3, 0.4) is 0 Å².